The van der Waals surface area contributed by atoms with E-state index in [1.807, 2.05) is 12.1 Å². The summed E-state index contributed by atoms with van der Waals surface area (Å²) in [5.74, 6) is 0.963. The summed E-state index contributed by atoms with van der Waals surface area (Å²) in [6.07, 6.45) is 0. The zero-order valence-electron chi connectivity index (χ0n) is 7.79. The van der Waals surface area contributed by atoms with Crippen LogP contribution in [0.15, 0.2) is 24.3 Å². The third kappa shape index (κ3) is 4.47. The van der Waals surface area contributed by atoms with E-state index in [1.165, 1.54) is 3.57 Å². The molecule has 0 unspecified atom stereocenters. The largest absolute Gasteiger partial charge is 0.488 e. The molecule has 3 heteroatoms. The molecule has 2 nitrogen and oxygen atoms in total. The summed E-state index contributed by atoms with van der Waals surface area (Å²) in [5, 5.41) is 2.23. The molecule has 0 heterocycles. The van der Waals surface area contributed by atoms with E-state index in [-0.39, 0.29) is 0 Å². The van der Waals surface area contributed by atoms with E-state index < -0.39 is 0 Å². The van der Waals surface area contributed by atoms with E-state index in [4.69, 9.17) is 4.74 Å². The van der Waals surface area contributed by atoms with Gasteiger partial charge in [-0.25, -0.2) is 0 Å². The van der Waals surface area contributed by atoms with Crippen molar-refractivity contribution in [1.82, 2.24) is 0 Å². The van der Waals surface area contributed by atoms with Crippen LogP contribution < -0.4 is 10.1 Å². The van der Waals surface area contributed by atoms with Gasteiger partial charge in [0.1, 0.15) is 18.9 Å². The van der Waals surface area contributed by atoms with E-state index in [9.17, 15) is 0 Å². The summed E-state index contributed by atoms with van der Waals surface area (Å²) in [6, 6.07) is 8.13. The van der Waals surface area contributed by atoms with Crippen LogP contribution in [0.2, 0.25) is 0 Å². The Morgan fingerprint density at radius 2 is 2.00 bits per heavy atom. The number of nitrogens with two attached hydrogens (primary N) is 1. The monoisotopic (exact) mass is 292 g/mol. The predicted molar refractivity (Wildman–Crippen MR) is 62.0 cm³/mol. The van der Waals surface area contributed by atoms with Gasteiger partial charge >= 0.3 is 0 Å². The van der Waals surface area contributed by atoms with Gasteiger partial charge in [-0.2, -0.15) is 0 Å². The lowest BCUT2D eigenvalue weighted by atomic mass is 10.3. The van der Waals surface area contributed by atoms with Crippen LogP contribution in [0.25, 0.3) is 0 Å². The summed E-state index contributed by atoms with van der Waals surface area (Å²) >= 11 is 2.29. The minimum absolute atomic E-state index is 0.786. The van der Waals surface area contributed by atoms with Crippen LogP contribution in [0.3, 0.4) is 0 Å². The molecule has 0 amide bonds. The third-order valence-electron chi connectivity index (χ3n) is 1.69. The second-order valence-electron chi connectivity index (χ2n) is 2.79. The molecule has 0 saturated heterocycles. The second kappa shape index (κ2) is 6.21. The molecule has 0 atom stereocenters. The Morgan fingerprint density at radius 1 is 1.31 bits per heavy atom. The predicted octanol–water partition coefficient (Wildman–Crippen LogP) is 1.25. The molecule has 0 saturated carbocycles. The van der Waals surface area contributed by atoms with Crippen molar-refractivity contribution in [3.63, 3.8) is 0 Å². The molecule has 0 aromatic heterocycles. The highest BCUT2D eigenvalue weighted by Gasteiger charge is 1.93. The van der Waals surface area contributed by atoms with Crippen molar-refractivity contribution in [3.05, 3.63) is 27.8 Å². The van der Waals surface area contributed by atoms with Crippen molar-refractivity contribution >= 4 is 22.6 Å². The van der Waals surface area contributed by atoms with Crippen molar-refractivity contribution in [3.8, 4) is 5.75 Å². The maximum absolute atomic E-state index is 5.53. The van der Waals surface area contributed by atoms with Crippen LogP contribution in [0.4, 0.5) is 0 Å². The molecule has 2 N–H and O–H groups in total. The van der Waals surface area contributed by atoms with Gasteiger partial charge in [0.05, 0.1) is 6.54 Å². The number of ether oxygens (including phenoxy) is 1. The second-order valence-corrected chi connectivity index (χ2v) is 4.03. The van der Waals surface area contributed by atoms with Gasteiger partial charge in [-0.3, -0.25) is 0 Å². The lowest BCUT2D eigenvalue weighted by Gasteiger charge is -2.04. The molecule has 1 aromatic carbocycles. The summed E-state index contributed by atoms with van der Waals surface area (Å²) in [6.45, 7) is 5.08. The Balaban J connectivity index is 2.25. The number of halogens is 1. The molecule has 0 aliphatic rings. The molecule has 1 aromatic rings. The van der Waals surface area contributed by atoms with Gasteiger partial charge in [-0.05, 0) is 53.8 Å². The third-order valence-corrected chi connectivity index (χ3v) is 2.41. The van der Waals surface area contributed by atoms with Crippen molar-refractivity contribution in [2.24, 2.45) is 0 Å². The van der Waals surface area contributed by atoms with E-state index in [1.54, 1.807) is 0 Å². The van der Waals surface area contributed by atoms with Crippen molar-refractivity contribution < 1.29 is 10.1 Å². The first-order valence-electron chi connectivity index (χ1n) is 4.53. The summed E-state index contributed by atoms with van der Waals surface area (Å²) in [5.41, 5.74) is 0. The Bertz CT molecular complexity index is 235. The zero-order chi connectivity index (χ0) is 9.52. The fourth-order valence-corrected chi connectivity index (χ4v) is 1.35. The molecule has 0 aliphatic carbocycles. The maximum Gasteiger partial charge on any atom is 0.137 e. The molecular weight excluding hydrogens is 277 g/mol. The maximum atomic E-state index is 5.53. The highest BCUT2D eigenvalue weighted by molar-refractivity contribution is 14.1. The van der Waals surface area contributed by atoms with Crippen LogP contribution in [0, 0.1) is 3.57 Å². The first-order valence-corrected chi connectivity index (χ1v) is 5.61. The molecule has 0 aliphatic heterocycles. The topological polar surface area (TPSA) is 25.8 Å². The number of quaternary nitrogens is 1. The smallest absolute Gasteiger partial charge is 0.137 e. The lowest BCUT2D eigenvalue weighted by molar-refractivity contribution is -0.652. The van der Waals surface area contributed by atoms with Gasteiger partial charge in [-0.15, -0.1) is 0 Å². The van der Waals surface area contributed by atoms with Crippen LogP contribution in [-0.4, -0.2) is 19.7 Å². The minimum atomic E-state index is 0.786. The van der Waals surface area contributed by atoms with Gasteiger partial charge in [0, 0.05) is 3.57 Å². The number of likely N-dealkylation sites (N-methyl/N-ethyl adjacent to an activating group) is 1. The molecule has 0 spiro atoms. The van der Waals surface area contributed by atoms with E-state index >= 15 is 0 Å². The van der Waals surface area contributed by atoms with Gasteiger partial charge in [-0.1, -0.05) is 0 Å². The van der Waals surface area contributed by atoms with Gasteiger partial charge < -0.3 is 10.1 Å². The fourth-order valence-electron chi connectivity index (χ4n) is 0.995. The molecular formula is C10H15INO+. The Kier molecular flexibility index (Phi) is 5.15. The minimum Gasteiger partial charge on any atom is -0.488 e. The van der Waals surface area contributed by atoms with E-state index in [0.29, 0.717) is 0 Å². The Morgan fingerprint density at radius 3 is 2.62 bits per heavy atom. The first kappa shape index (κ1) is 10.8. The normalized spacial score (nSPS) is 10.0. The zero-order valence-corrected chi connectivity index (χ0v) is 9.95. The standard InChI is InChI=1S/C10H14INO/c1-2-12-7-8-13-10-5-3-9(11)4-6-10/h3-6,12H,2,7-8H2,1H3/p+1. The van der Waals surface area contributed by atoms with Crippen LogP contribution in [-0.2, 0) is 0 Å². The Hall–Kier alpha value is -0.290. The van der Waals surface area contributed by atoms with Gasteiger partial charge in [0.25, 0.3) is 0 Å². The quantitative estimate of drug-likeness (QED) is 0.641. The first-order chi connectivity index (χ1) is 6.33. The SMILES string of the molecule is CC[NH2+]CCOc1ccc(I)cc1. The van der Waals surface area contributed by atoms with Gasteiger partial charge in [0.15, 0.2) is 0 Å². The number of benzene rings is 1. The molecule has 13 heavy (non-hydrogen) atoms. The lowest BCUT2D eigenvalue weighted by Crippen LogP contribution is -2.84. The number of hydrogen-bond acceptors (Lipinski definition) is 1. The van der Waals surface area contributed by atoms with Crippen LogP contribution >= 0.6 is 22.6 Å². The highest BCUT2D eigenvalue weighted by Crippen LogP contribution is 2.12. The molecule has 0 fully saturated rings. The van der Waals surface area contributed by atoms with Crippen LogP contribution in [0.1, 0.15) is 6.92 Å². The van der Waals surface area contributed by atoms with Crippen LogP contribution in [0.5, 0.6) is 5.75 Å². The fraction of sp³-hybridized carbons (Fsp3) is 0.400. The summed E-state index contributed by atoms with van der Waals surface area (Å²) < 4.78 is 6.77. The summed E-state index contributed by atoms with van der Waals surface area (Å²) in [7, 11) is 0. The number of rotatable bonds is 5. The molecule has 0 bridgehead atoms. The molecule has 72 valence electrons. The highest BCUT2D eigenvalue weighted by atomic mass is 127. The van der Waals surface area contributed by atoms with Gasteiger partial charge in [0.2, 0.25) is 0 Å². The average Bonchev–Trinajstić information content (AvgIpc) is 2.15. The van der Waals surface area contributed by atoms with Crippen molar-refractivity contribution in [1.29, 1.82) is 0 Å². The average molecular weight is 292 g/mol. The Labute approximate surface area is 92.8 Å². The van der Waals surface area contributed by atoms with E-state index in [0.717, 1.165) is 25.4 Å². The molecule has 1 rings (SSSR count). The van der Waals surface area contributed by atoms with Crippen molar-refractivity contribution in [2.45, 2.75) is 6.92 Å². The van der Waals surface area contributed by atoms with E-state index in [2.05, 4.69) is 47.0 Å². The molecule has 0 radical (unpaired) electrons. The summed E-state index contributed by atoms with van der Waals surface area (Å²) in [4.78, 5) is 0. The number of hydrogen-bond donors (Lipinski definition) is 1. The van der Waals surface area contributed by atoms with Crippen molar-refractivity contribution in [2.75, 3.05) is 19.7 Å².